The number of ketones is 1. The number of phenols is 1. The Morgan fingerprint density at radius 3 is 2.29 bits per heavy atom. The highest BCUT2D eigenvalue weighted by Crippen LogP contribution is 2.54. The Morgan fingerprint density at radius 2 is 1.74 bits per heavy atom. The molecule has 1 saturated heterocycles. The highest BCUT2D eigenvalue weighted by atomic mass is 16.4. The number of nitrogens with zero attached hydrogens (tertiary/aromatic N) is 4. The van der Waals surface area contributed by atoms with E-state index in [4.69, 9.17) is 0 Å². The van der Waals surface area contributed by atoms with Gasteiger partial charge in [-0.3, -0.25) is 9.59 Å². The van der Waals surface area contributed by atoms with E-state index in [0.29, 0.717) is 0 Å². The summed E-state index contributed by atoms with van der Waals surface area (Å²) in [5.41, 5.74) is -1.77. The third-order valence-electron chi connectivity index (χ3n) is 6.23. The van der Waals surface area contributed by atoms with Gasteiger partial charge in [0.25, 0.3) is 0 Å². The molecule has 4 N–H and O–H groups in total. The van der Waals surface area contributed by atoms with Gasteiger partial charge < -0.3 is 25.3 Å². The van der Waals surface area contributed by atoms with Crippen LogP contribution >= 0.6 is 0 Å². The number of allylic oxidation sites excluding steroid dienone is 2. The number of Topliss-reactive ketones (excluding diaryl/α,β-unsaturated/α-hetero) is 1. The predicted molar refractivity (Wildman–Crippen MR) is 115 cm³/mol. The Morgan fingerprint density at radius 1 is 1.06 bits per heavy atom. The molecule has 0 spiro atoms. The van der Waals surface area contributed by atoms with Crippen LogP contribution in [0.1, 0.15) is 30.1 Å². The number of hydrogen-bond acceptors (Lipinski definition) is 7. The van der Waals surface area contributed by atoms with E-state index in [1.54, 1.807) is 13.0 Å². The van der Waals surface area contributed by atoms with Gasteiger partial charge in [-0.25, -0.2) is 4.79 Å². The molecule has 178 valence electrons. The number of carbonyl (C=O) groups is 4. The maximum absolute atomic E-state index is 14.1. The number of amides is 2. The van der Waals surface area contributed by atoms with Crippen LogP contribution in [-0.4, -0.2) is 82.1 Å². The van der Waals surface area contributed by atoms with Gasteiger partial charge in [-0.1, -0.05) is 17.6 Å². The van der Waals surface area contributed by atoms with Gasteiger partial charge in [0.15, 0.2) is 6.20 Å². The van der Waals surface area contributed by atoms with Gasteiger partial charge in [0.1, 0.15) is 5.75 Å². The molecule has 4 aliphatic heterocycles. The second-order valence-corrected chi connectivity index (χ2v) is 8.00. The smallest absolute Gasteiger partial charge is 0.508 e. The number of aromatic hydroxyl groups is 1. The molecule has 1 aromatic rings. The van der Waals surface area contributed by atoms with Gasteiger partial charge in [-0.2, -0.15) is 9.69 Å². The lowest BCUT2D eigenvalue weighted by molar-refractivity contribution is -0.959. The number of carboxylic acid groups (broad SMARTS) is 3. The van der Waals surface area contributed by atoms with Gasteiger partial charge in [-0.15, -0.1) is 5.01 Å². The van der Waals surface area contributed by atoms with Crippen molar-refractivity contribution in [3.05, 3.63) is 66.3 Å². The van der Waals surface area contributed by atoms with Crippen LogP contribution in [0, 0.1) is 0 Å². The van der Waals surface area contributed by atoms with Crippen molar-refractivity contribution in [2.24, 2.45) is 0 Å². The lowest BCUT2D eigenvalue weighted by atomic mass is 9.91. The lowest BCUT2D eigenvalue weighted by Gasteiger charge is -2.53. The number of fused-ring (bicyclic) bond motifs is 1. The van der Waals surface area contributed by atoms with Gasteiger partial charge in [0, 0.05) is 24.7 Å². The van der Waals surface area contributed by atoms with Crippen LogP contribution in [0.3, 0.4) is 0 Å². The molecule has 3 atom stereocenters. The topological polar surface area (TPSA) is 159 Å². The first-order valence-electron chi connectivity index (χ1n) is 10.5. The molecule has 12 heteroatoms. The Labute approximate surface area is 193 Å². The van der Waals surface area contributed by atoms with E-state index >= 15 is 0 Å². The van der Waals surface area contributed by atoms with Crippen molar-refractivity contribution in [2.75, 3.05) is 6.54 Å². The molecule has 0 saturated carbocycles. The summed E-state index contributed by atoms with van der Waals surface area (Å²) in [6, 6.07) is 5.33. The molecule has 4 aliphatic rings. The van der Waals surface area contributed by atoms with Crippen LogP contribution in [-0.2, 0) is 4.79 Å². The quantitative estimate of drug-likeness (QED) is 0.343. The SMILES string of the molecule is CCC1N(C(=O)O)C2=C[N+]1(C(=O)O)N2C1(C(=O)c2ccc(O)cc2)C=CC=CN1CCC(=O)O. The summed E-state index contributed by atoms with van der Waals surface area (Å²) < 4.78 is -0.969. The standard InChI is InChI=1S/C22H22N4O8/c1-2-17-24(20(31)32)16-13-26(17,21(33)34)25(16)22(19(30)14-5-7-15(27)8-6-14)10-3-4-11-23(22)12-9-18(28)29/h3-8,10-11,13,17H,2,9,12H2,1H3,(H3-,27,28,29,30,31,32,33,34)/p+1. The van der Waals surface area contributed by atoms with Gasteiger partial charge in [0.05, 0.1) is 6.42 Å². The first-order valence-corrected chi connectivity index (χ1v) is 10.5. The zero-order valence-corrected chi connectivity index (χ0v) is 18.1. The van der Waals surface area contributed by atoms with Crippen LogP contribution < -0.4 is 0 Å². The van der Waals surface area contributed by atoms with Crippen molar-refractivity contribution in [3.8, 4) is 5.75 Å². The number of rotatable bonds is 7. The second-order valence-electron chi connectivity index (χ2n) is 8.00. The number of benzene rings is 1. The van der Waals surface area contributed by atoms with Crippen molar-refractivity contribution < 1.29 is 44.2 Å². The van der Waals surface area contributed by atoms with E-state index in [1.165, 1.54) is 58.7 Å². The molecule has 0 aliphatic carbocycles. The Balaban J connectivity index is 1.93. The van der Waals surface area contributed by atoms with Gasteiger partial charge in [0.2, 0.25) is 23.4 Å². The number of hydrogen-bond donors (Lipinski definition) is 4. The van der Waals surface area contributed by atoms with E-state index in [9.17, 15) is 39.6 Å². The number of quaternary nitrogens is 1. The van der Waals surface area contributed by atoms with Crippen LogP contribution in [0.5, 0.6) is 5.75 Å². The van der Waals surface area contributed by atoms with Crippen molar-refractivity contribution in [1.82, 2.24) is 14.8 Å². The van der Waals surface area contributed by atoms with Crippen LogP contribution in [0.4, 0.5) is 9.59 Å². The fraction of sp³-hybridized carbons (Fsp3) is 0.273. The largest absolute Gasteiger partial charge is 0.546 e. The maximum atomic E-state index is 14.1. The molecule has 0 radical (unpaired) electrons. The molecular formula is C22H23N4O8+. The van der Waals surface area contributed by atoms with E-state index in [0.717, 1.165) is 4.90 Å². The average Bonchev–Trinajstić information content (AvgIpc) is 3.29. The number of phenolic OH excluding ortho intramolecular Hbond substituents is 1. The summed E-state index contributed by atoms with van der Waals surface area (Å²) in [6.45, 7) is 1.48. The third kappa shape index (κ3) is 2.95. The molecule has 1 fully saturated rings. The summed E-state index contributed by atoms with van der Waals surface area (Å²) in [5, 5.41) is 40.3. The van der Waals surface area contributed by atoms with E-state index in [1.807, 2.05) is 0 Å². The summed E-state index contributed by atoms with van der Waals surface area (Å²) in [7, 11) is 0. The van der Waals surface area contributed by atoms with Crippen molar-refractivity contribution in [1.29, 1.82) is 0 Å². The molecule has 34 heavy (non-hydrogen) atoms. The summed E-state index contributed by atoms with van der Waals surface area (Å²) in [5.74, 6) is -1.81. The Hall–Kier alpha value is -4.32. The van der Waals surface area contributed by atoms with Crippen molar-refractivity contribution in [2.45, 2.75) is 31.6 Å². The van der Waals surface area contributed by atoms with Crippen molar-refractivity contribution >= 4 is 23.9 Å². The van der Waals surface area contributed by atoms with Crippen LogP contribution in [0.25, 0.3) is 0 Å². The van der Waals surface area contributed by atoms with E-state index < -0.39 is 40.4 Å². The number of aliphatic carboxylic acids is 1. The van der Waals surface area contributed by atoms with E-state index in [-0.39, 0.29) is 36.5 Å². The van der Waals surface area contributed by atoms with Crippen molar-refractivity contribution in [3.63, 3.8) is 0 Å². The maximum Gasteiger partial charge on any atom is 0.546 e. The third-order valence-corrected chi connectivity index (χ3v) is 6.23. The van der Waals surface area contributed by atoms with Gasteiger partial charge in [-0.05, 0) is 36.4 Å². The van der Waals surface area contributed by atoms with Crippen LogP contribution in [0.15, 0.2) is 60.7 Å². The van der Waals surface area contributed by atoms with E-state index in [2.05, 4.69) is 0 Å². The lowest BCUT2D eigenvalue weighted by Crippen LogP contribution is -2.76. The molecule has 0 aromatic heterocycles. The fourth-order valence-electron chi connectivity index (χ4n) is 4.83. The first-order chi connectivity index (χ1) is 16.1. The molecule has 2 amide bonds. The summed E-state index contributed by atoms with van der Waals surface area (Å²) in [6.07, 6.45) is 3.23. The number of carbonyl (C=O) groups excluding carboxylic acids is 1. The zero-order chi connectivity index (χ0) is 24.8. The molecule has 2 bridgehead atoms. The first kappa shape index (κ1) is 22.9. The molecule has 12 nitrogen and oxygen atoms in total. The Kier molecular flexibility index (Phi) is 5.32. The molecule has 3 unspecified atom stereocenters. The second kappa shape index (κ2) is 7.92. The minimum atomic E-state index is -1.89. The molecular weight excluding hydrogens is 448 g/mol. The summed E-state index contributed by atoms with van der Waals surface area (Å²) in [4.78, 5) is 52.5. The van der Waals surface area contributed by atoms with Crippen LogP contribution in [0.2, 0.25) is 0 Å². The Bertz CT molecular complexity index is 1160. The normalized spacial score (nSPS) is 26.8. The minimum Gasteiger partial charge on any atom is -0.508 e. The molecule has 4 heterocycles. The predicted octanol–water partition coefficient (Wildman–Crippen LogP) is 2.39. The number of carboxylic acids is 1. The van der Waals surface area contributed by atoms with Gasteiger partial charge >= 0.3 is 18.2 Å². The monoisotopic (exact) mass is 471 g/mol. The molecule has 5 rings (SSSR count). The summed E-state index contributed by atoms with van der Waals surface area (Å²) >= 11 is 0. The fourth-order valence-corrected chi connectivity index (χ4v) is 4.83. The highest BCUT2D eigenvalue weighted by molar-refractivity contribution is 6.05. The zero-order valence-electron chi connectivity index (χ0n) is 18.1. The molecule has 1 aromatic carbocycles. The average molecular weight is 471 g/mol. The minimum absolute atomic E-state index is 0.00848. The highest BCUT2D eigenvalue weighted by Gasteiger charge is 2.77.